The second-order valence-electron chi connectivity index (χ2n) is 7.15. The monoisotopic (exact) mass is 309 g/mol. The molecule has 6 heteroatoms. The molecule has 2 aliphatic rings. The molecular weight excluding hydrogens is 282 g/mol. The molecule has 1 heterocycles. The fraction of sp³-hybridized carbons (Fsp3) is 0.812. The van der Waals surface area contributed by atoms with Crippen LogP contribution >= 0.6 is 0 Å². The first kappa shape index (κ1) is 16.8. The third-order valence-corrected chi connectivity index (χ3v) is 4.53. The van der Waals surface area contributed by atoms with Crippen LogP contribution in [0.3, 0.4) is 0 Å². The molecular formula is C16H27N3O3. The second kappa shape index (κ2) is 6.67. The molecule has 2 N–H and O–H groups in total. The Morgan fingerprint density at radius 1 is 1.36 bits per heavy atom. The van der Waals surface area contributed by atoms with Gasteiger partial charge in [0.25, 0.3) is 5.91 Å². The molecule has 2 atom stereocenters. The first-order valence-electron chi connectivity index (χ1n) is 8.23. The summed E-state index contributed by atoms with van der Waals surface area (Å²) in [5, 5.41) is 5.71. The molecule has 0 spiro atoms. The zero-order valence-corrected chi connectivity index (χ0v) is 13.8. The summed E-state index contributed by atoms with van der Waals surface area (Å²) in [6.07, 6.45) is 5.37. The predicted molar refractivity (Wildman–Crippen MR) is 83.1 cm³/mol. The third kappa shape index (κ3) is 3.99. The molecule has 1 saturated carbocycles. The maximum absolute atomic E-state index is 12.0. The molecule has 1 aliphatic carbocycles. The minimum absolute atomic E-state index is 0.0189. The van der Waals surface area contributed by atoms with Gasteiger partial charge in [0, 0.05) is 19.0 Å². The lowest BCUT2D eigenvalue weighted by molar-refractivity contribution is -0.130. The van der Waals surface area contributed by atoms with E-state index in [1.54, 1.807) is 13.8 Å². The van der Waals surface area contributed by atoms with Gasteiger partial charge in [0.1, 0.15) is 5.54 Å². The van der Waals surface area contributed by atoms with Crippen LogP contribution in [0.15, 0.2) is 0 Å². The predicted octanol–water partition coefficient (Wildman–Crippen LogP) is 1.79. The van der Waals surface area contributed by atoms with Crippen molar-refractivity contribution in [2.75, 3.05) is 6.54 Å². The molecule has 0 aromatic carbocycles. The van der Waals surface area contributed by atoms with Crippen LogP contribution in [-0.2, 0) is 9.59 Å². The highest BCUT2D eigenvalue weighted by atomic mass is 16.2. The molecule has 1 aliphatic heterocycles. The Morgan fingerprint density at radius 3 is 2.68 bits per heavy atom. The van der Waals surface area contributed by atoms with Gasteiger partial charge in [0.2, 0.25) is 5.91 Å². The highest BCUT2D eigenvalue weighted by Crippen LogP contribution is 2.23. The van der Waals surface area contributed by atoms with Crippen molar-refractivity contribution < 1.29 is 14.4 Å². The van der Waals surface area contributed by atoms with Crippen molar-refractivity contribution in [3.63, 3.8) is 0 Å². The number of hydrogen-bond donors (Lipinski definition) is 2. The lowest BCUT2D eigenvalue weighted by atomic mass is 9.87. The van der Waals surface area contributed by atoms with Gasteiger partial charge < -0.3 is 10.6 Å². The molecule has 124 valence electrons. The summed E-state index contributed by atoms with van der Waals surface area (Å²) >= 11 is 0. The summed E-state index contributed by atoms with van der Waals surface area (Å²) in [6, 6.07) is -0.0802. The standard InChI is InChI=1S/C16H27N3O3/c1-11-6-4-7-12(10-11)17-13(20)8-5-9-19-14(21)16(2,3)18-15(19)22/h11-12H,4-10H2,1-3H3,(H,17,20)(H,18,22)/t11-,12+/m1/s1. The lowest BCUT2D eigenvalue weighted by Gasteiger charge is -2.27. The number of carbonyl (C=O) groups is 3. The van der Waals surface area contributed by atoms with Gasteiger partial charge in [-0.2, -0.15) is 0 Å². The van der Waals surface area contributed by atoms with Crippen molar-refractivity contribution in [1.82, 2.24) is 15.5 Å². The summed E-state index contributed by atoms with van der Waals surface area (Å²) in [6.45, 7) is 5.88. The van der Waals surface area contributed by atoms with Crippen molar-refractivity contribution in [3.05, 3.63) is 0 Å². The zero-order valence-electron chi connectivity index (χ0n) is 13.8. The van der Waals surface area contributed by atoms with E-state index in [-0.39, 0.29) is 23.9 Å². The molecule has 0 unspecified atom stereocenters. The molecule has 2 fully saturated rings. The Morgan fingerprint density at radius 2 is 2.09 bits per heavy atom. The van der Waals surface area contributed by atoms with Gasteiger partial charge in [-0.1, -0.05) is 19.8 Å². The molecule has 0 radical (unpaired) electrons. The van der Waals surface area contributed by atoms with Gasteiger partial charge in [-0.05, 0) is 39.0 Å². The van der Waals surface area contributed by atoms with Crippen molar-refractivity contribution >= 4 is 17.8 Å². The molecule has 22 heavy (non-hydrogen) atoms. The SMILES string of the molecule is C[C@@H]1CCC[C@H](NC(=O)CCCN2C(=O)NC(C)(C)C2=O)C1. The van der Waals surface area contributed by atoms with Crippen molar-refractivity contribution in [2.24, 2.45) is 5.92 Å². The molecule has 1 saturated heterocycles. The summed E-state index contributed by atoms with van der Waals surface area (Å²) in [5.74, 6) is 0.469. The minimum Gasteiger partial charge on any atom is -0.353 e. The minimum atomic E-state index is -0.836. The van der Waals surface area contributed by atoms with Crippen LogP contribution < -0.4 is 10.6 Å². The summed E-state index contributed by atoms with van der Waals surface area (Å²) < 4.78 is 0. The Hall–Kier alpha value is -1.59. The first-order chi connectivity index (χ1) is 10.3. The normalized spacial score (nSPS) is 27.7. The van der Waals surface area contributed by atoms with E-state index in [9.17, 15) is 14.4 Å². The Balaban J connectivity index is 1.71. The fourth-order valence-electron chi connectivity index (χ4n) is 3.28. The average molecular weight is 309 g/mol. The molecule has 0 aromatic rings. The molecule has 0 bridgehead atoms. The highest BCUT2D eigenvalue weighted by Gasteiger charge is 2.43. The molecule has 0 aromatic heterocycles. The van der Waals surface area contributed by atoms with E-state index < -0.39 is 5.54 Å². The number of hydrogen-bond acceptors (Lipinski definition) is 3. The Kier molecular flexibility index (Phi) is 5.08. The van der Waals surface area contributed by atoms with Crippen LogP contribution in [0.4, 0.5) is 4.79 Å². The summed E-state index contributed by atoms with van der Waals surface area (Å²) in [7, 11) is 0. The maximum Gasteiger partial charge on any atom is 0.325 e. The van der Waals surface area contributed by atoms with Crippen LogP contribution in [0.25, 0.3) is 0 Å². The maximum atomic E-state index is 12.0. The number of amides is 4. The van der Waals surface area contributed by atoms with Crippen LogP contribution in [0.1, 0.15) is 59.3 Å². The van der Waals surface area contributed by atoms with E-state index in [2.05, 4.69) is 17.6 Å². The van der Waals surface area contributed by atoms with Crippen LogP contribution in [0.2, 0.25) is 0 Å². The molecule has 4 amide bonds. The largest absolute Gasteiger partial charge is 0.353 e. The number of rotatable bonds is 5. The van der Waals surface area contributed by atoms with Gasteiger partial charge >= 0.3 is 6.03 Å². The number of carbonyl (C=O) groups excluding carboxylic acids is 3. The van der Waals surface area contributed by atoms with Gasteiger partial charge in [-0.3, -0.25) is 14.5 Å². The zero-order chi connectivity index (χ0) is 16.3. The van der Waals surface area contributed by atoms with E-state index in [1.165, 1.54) is 17.7 Å². The highest BCUT2D eigenvalue weighted by molar-refractivity contribution is 6.06. The number of nitrogens with zero attached hydrogens (tertiary/aromatic N) is 1. The van der Waals surface area contributed by atoms with Gasteiger partial charge in [0.05, 0.1) is 0 Å². The number of imide groups is 1. The number of nitrogens with one attached hydrogen (secondary N) is 2. The number of urea groups is 1. The van der Waals surface area contributed by atoms with Crippen molar-refractivity contribution in [2.45, 2.75) is 70.9 Å². The third-order valence-electron chi connectivity index (χ3n) is 4.53. The van der Waals surface area contributed by atoms with E-state index in [4.69, 9.17) is 0 Å². The molecule has 6 nitrogen and oxygen atoms in total. The topological polar surface area (TPSA) is 78.5 Å². The Bertz CT molecular complexity index is 462. The van der Waals surface area contributed by atoms with E-state index >= 15 is 0 Å². The van der Waals surface area contributed by atoms with Crippen LogP contribution in [0, 0.1) is 5.92 Å². The fourth-order valence-corrected chi connectivity index (χ4v) is 3.28. The second-order valence-corrected chi connectivity index (χ2v) is 7.15. The van der Waals surface area contributed by atoms with Crippen molar-refractivity contribution in [3.8, 4) is 0 Å². The quantitative estimate of drug-likeness (QED) is 0.760. The van der Waals surface area contributed by atoms with Crippen LogP contribution in [0.5, 0.6) is 0 Å². The van der Waals surface area contributed by atoms with E-state index in [0.29, 0.717) is 25.3 Å². The summed E-state index contributed by atoms with van der Waals surface area (Å²) in [4.78, 5) is 36.9. The molecule has 2 rings (SSSR count). The van der Waals surface area contributed by atoms with Gasteiger partial charge in [0.15, 0.2) is 0 Å². The van der Waals surface area contributed by atoms with Gasteiger partial charge in [-0.25, -0.2) is 4.79 Å². The summed E-state index contributed by atoms with van der Waals surface area (Å²) in [5.41, 5.74) is -0.836. The first-order valence-corrected chi connectivity index (χ1v) is 8.23. The lowest BCUT2D eigenvalue weighted by Crippen LogP contribution is -2.40. The average Bonchev–Trinajstić information content (AvgIpc) is 2.60. The van der Waals surface area contributed by atoms with E-state index in [1.807, 2.05) is 0 Å². The van der Waals surface area contributed by atoms with Crippen LogP contribution in [-0.4, -0.2) is 40.9 Å². The smallest absolute Gasteiger partial charge is 0.325 e. The van der Waals surface area contributed by atoms with Gasteiger partial charge in [-0.15, -0.1) is 0 Å². The van der Waals surface area contributed by atoms with Crippen molar-refractivity contribution in [1.29, 1.82) is 0 Å². The Labute approximate surface area is 132 Å². The van der Waals surface area contributed by atoms with E-state index in [0.717, 1.165) is 12.8 Å².